The van der Waals surface area contributed by atoms with Gasteiger partial charge in [-0.1, -0.05) is 0 Å². The van der Waals surface area contributed by atoms with Gasteiger partial charge < -0.3 is 18.2 Å². The molecule has 3 unspecified atom stereocenters. The molecule has 0 radical (unpaired) electrons. The summed E-state index contributed by atoms with van der Waals surface area (Å²) in [5.74, 6) is 0. The van der Waals surface area contributed by atoms with Gasteiger partial charge in [-0.2, -0.15) is 0 Å². The van der Waals surface area contributed by atoms with Crippen LogP contribution in [0.2, 0.25) is 0 Å². The van der Waals surface area contributed by atoms with E-state index in [4.69, 9.17) is 39.3 Å². The number of rotatable bonds is 2. The van der Waals surface area contributed by atoms with Crippen molar-refractivity contribution in [2.75, 3.05) is 0 Å². The van der Waals surface area contributed by atoms with Gasteiger partial charge in [0.25, 0.3) is 0 Å². The molecule has 0 aliphatic heterocycles. The predicted molar refractivity (Wildman–Crippen MR) is 36.5 cm³/mol. The Kier molecular flexibility index (Phi) is 44.6. The third-order valence-electron chi connectivity index (χ3n) is 0.278. The third kappa shape index (κ3) is 33.2. The molecule has 0 rings (SSSR count). The van der Waals surface area contributed by atoms with Crippen molar-refractivity contribution in [1.29, 1.82) is 0 Å². The summed E-state index contributed by atoms with van der Waals surface area (Å²) in [5, 5.41) is 0. The summed E-state index contributed by atoms with van der Waals surface area (Å²) in [6.45, 7) is 0. The van der Waals surface area contributed by atoms with Crippen LogP contribution < -0.4 is 118 Å². The Balaban J connectivity index is -0.0000000290. The molecular weight excluding hydrogens is 364 g/mol. The summed E-state index contributed by atoms with van der Waals surface area (Å²) in [6, 6.07) is 0. The summed E-state index contributed by atoms with van der Waals surface area (Å²) < 4.78 is 82.1. The van der Waals surface area contributed by atoms with Crippen LogP contribution in [0.15, 0.2) is 0 Å². The monoisotopic (exact) mass is 364 g/mol. The summed E-state index contributed by atoms with van der Waals surface area (Å²) in [6.07, 6.45) is 0. The van der Waals surface area contributed by atoms with Gasteiger partial charge in [-0.05, 0) is 0 Å². The van der Waals surface area contributed by atoms with E-state index in [2.05, 4.69) is 0 Å². The number of hydrogen-bond donors (Lipinski definition) is 0. The minimum absolute atomic E-state index is 0. The van der Waals surface area contributed by atoms with Crippen molar-refractivity contribution >= 4 is 39.5 Å². The van der Waals surface area contributed by atoms with E-state index in [0.29, 0.717) is 0 Å². The van der Waals surface area contributed by atoms with Gasteiger partial charge in [-0.3, -0.25) is 12.6 Å². The van der Waals surface area contributed by atoms with Crippen LogP contribution in [0.1, 0.15) is 0 Å². The Labute approximate surface area is 193 Å². The Morgan fingerprint density at radius 1 is 0.706 bits per heavy atom. The fourth-order valence-electron chi connectivity index (χ4n) is 0. The van der Waals surface area contributed by atoms with Crippen LogP contribution in [0, 0.1) is 0 Å². The fourth-order valence-corrected chi connectivity index (χ4v) is 0. The van der Waals surface area contributed by atoms with E-state index in [-0.39, 0.29) is 118 Å². The SMILES string of the molecule is O=S([O-])S(=O)(=O)[O-].O=S([O-])S(=O)[O-].[Na+].[Na+].[Na+].[Na+]. The summed E-state index contributed by atoms with van der Waals surface area (Å²) >= 11 is 0. The first-order chi connectivity index (χ1) is 5.59. The quantitative estimate of drug-likeness (QED) is 0.199. The van der Waals surface area contributed by atoms with E-state index >= 15 is 0 Å². The molecule has 0 saturated carbocycles. The van der Waals surface area contributed by atoms with Crippen molar-refractivity contribution in [2.45, 2.75) is 0 Å². The van der Waals surface area contributed by atoms with Crippen LogP contribution in [0.5, 0.6) is 0 Å². The molecule has 3 atom stereocenters. The van der Waals surface area contributed by atoms with Crippen molar-refractivity contribution in [3.63, 3.8) is 0 Å². The Morgan fingerprint density at radius 2 is 0.824 bits per heavy atom. The zero-order chi connectivity index (χ0) is 11.2. The minimum atomic E-state index is -5.07. The van der Waals surface area contributed by atoms with Crippen LogP contribution >= 0.6 is 0 Å². The molecule has 0 saturated heterocycles. The molecule has 0 amide bonds. The van der Waals surface area contributed by atoms with Crippen LogP contribution in [0.4, 0.5) is 0 Å². The van der Waals surface area contributed by atoms with Gasteiger partial charge in [0.15, 0.2) is 9.15 Å². The van der Waals surface area contributed by atoms with Crippen LogP contribution in [-0.4, -0.2) is 39.3 Å². The van der Waals surface area contributed by atoms with Crippen molar-refractivity contribution in [2.24, 2.45) is 0 Å². The Bertz CT molecular complexity index is 308. The molecule has 0 aliphatic carbocycles. The largest absolute Gasteiger partial charge is 1.00 e. The van der Waals surface area contributed by atoms with Gasteiger partial charge in [0.1, 0.15) is 0 Å². The second-order valence-electron chi connectivity index (χ2n) is 1.02. The van der Waals surface area contributed by atoms with Gasteiger partial charge in [0.05, 0.1) is 10.1 Å². The molecular formula is Na4O9S4. The van der Waals surface area contributed by atoms with E-state index in [1.165, 1.54) is 0 Å². The first kappa shape index (κ1) is 37.5. The van der Waals surface area contributed by atoms with Crippen LogP contribution in [0.25, 0.3) is 0 Å². The number of hydrogen-bond acceptors (Lipinski definition) is 9. The first-order valence-electron chi connectivity index (χ1n) is 1.83. The van der Waals surface area contributed by atoms with Gasteiger partial charge in [0, 0.05) is 20.2 Å². The molecule has 0 aliphatic rings. The van der Waals surface area contributed by atoms with E-state index in [0.717, 1.165) is 0 Å². The molecule has 9 nitrogen and oxygen atoms in total. The second kappa shape index (κ2) is 20.2. The van der Waals surface area contributed by atoms with Crippen molar-refractivity contribution in [3.8, 4) is 0 Å². The zero-order valence-electron chi connectivity index (χ0n) is 9.31. The summed E-state index contributed by atoms with van der Waals surface area (Å²) in [4.78, 5) is 0. The summed E-state index contributed by atoms with van der Waals surface area (Å²) in [7, 11) is -14.5. The molecule has 0 aromatic heterocycles. The van der Waals surface area contributed by atoms with Crippen molar-refractivity contribution in [1.82, 2.24) is 0 Å². The second-order valence-corrected chi connectivity index (χ2v) is 6.74. The average Bonchev–Trinajstić information content (AvgIpc) is 1.86. The van der Waals surface area contributed by atoms with Gasteiger partial charge in [0.2, 0.25) is 0 Å². The standard InChI is InChI=1S/4Na.H2O5S2.H2O4S2/c;;;;1-6(2)7(3,4)5;1-5(2)6(3)4/h;;;;(H,1,2)(H,3,4,5);(H,1,2)(H,3,4)/q4*+1;;/p-4. The molecule has 0 heterocycles. The normalized spacial score (nSPS) is 13.6. The maximum absolute atomic E-state index is 9.16. The Hall–Kier alpha value is 4.24. The third-order valence-corrected chi connectivity index (χ3v) is 2.50. The molecule has 0 spiro atoms. The van der Waals surface area contributed by atoms with Crippen molar-refractivity contribution < 1.29 is 157 Å². The van der Waals surface area contributed by atoms with Crippen LogP contribution in [-0.2, 0) is 39.5 Å². The van der Waals surface area contributed by atoms with Gasteiger partial charge in [-0.15, -0.1) is 0 Å². The average molecular weight is 364 g/mol. The maximum Gasteiger partial charge on any atom is 1.00 e. The molecule has 0 aromatic carbocycles. The topological polar surface area (TPSA) is 178 Å². The maximum atomic E-state index is 9.16. The predicted octanol–water partition coefficient (Wildman–Crippen LogP) is -15.0. The van der Waals surface area contributed by atoms with E-state index in [1.54, 1.807) is 0 Å². The zero-order valence-corrected chi connectivity index (χ0v) is 20.6. The van der Waals surface area contributed by atoms with Crippen LogP contribution in [0.3, 0.4) is 0 Å². The molecule has 17 heteroatoms. The molecule has 0 N–H and O–H groups in total. The van der Waals surface area contributed by atoms with E-state index in [9.17, 15) is 0 Å². The molecule has 17 heavy (non-hydrogen) atoms. The molecule has 82 valence electrons. The fraction of sp³-hybridized carbons (Fsp3) is 0. The van der Waals surface area contributed by atoms with E-state index < -0.39 is 39.5 Å². The smallest absolute Gasteiger partial charge is 0.763 e. The van der Waals surface area contributed by atoms with E-state index in [1.807, 2.05) is 0 Å². The van der Waals surface area contributed by atoms with Gasteiger partial charge in [-0.25, -0.2) is 8.42 Å². The van der Waals surface area contributed by atoms with Crippen molar-refractivity contribution in [3.05, 3.63) is 0 Å². The molecule has 0 fully saturated rings. The Morgan fingerprint density at radius 3 is 0.824 bits per heavy atom. The molecule has 0 bridgehead atoms. The first-order valence-corrected chi connectivity index (χ1v) is 7.50. The minimum Gasteiger partial charge on any atom is -0.763 e. The van der Waals surface area contributed by atoms with Gasteiger partial charge >= 0.3 is 118 Å². The summed E-state index contributed by atoms with van der Waals surface area (Å²) in [5.41, 5.74) is 0. The molecule has 0 aromatic rings.